The number of amides is 2. The lowest BCUT2D eigenvalue weighted by Crippen LogP contribution is -2.55. The lowest BCUT2D eigenvalue weighted by molar-refractivity contribution is -0.140. The molecule has 1 rings (SSSR count). The van der Waals surface area contributed by atoms with Crippen molar-refractivity contribution in [1.29, 1.82) is 0 Å². The lowest BCUT2D eigenvalue weighted by Gasteiger charge is -2.33. The van der Waals surface area contributed by atoms with Gasteiger partial charge in [-0.25, -0.2) is 0 Å². The summed E-state index contributed by atoms with van der Waals surface area (Å²) in [5, 5.41) is 2.83. The van der Waals surface area contributed by atoms with Crippen LogP contribution in [0, 0.1) is 0 Å². The van der Waals surface area contributed by atoms with Crippen molar-refractivity contribution in [2.45, 2.75) is 45.2 Å². The van der Waals surface area contributed by atoms with E-state index in [4.69, 9.17) is 9.47 Å². The van der Waals surface area contributed by atoms with E-state index in [0.717, 1.165) is 0 Å². The second-order valence-electron chi connectivity index (χ2n) is 5.39. The second-order valence-corrected chi connectivity index (χ2v) is 5.39. The van der Waals surface area contributed by atoms with Crippen LogP contribution in [0.1, 0.15) is 33.6 Å². The molecule has 0 aromatic rings. The van der Waals surface area contributed by atoms with Crippen LogP contribution in [0.25, 0.3) is 0 Å². The van der Waals surface area contributed by atoms with Crippen LogP contribution in [0.15, 0.2) is 0 Å². The number of hydrogen-bond donors (Lipinski definition) is 1. The summed E-state index contributed by atoms with van der Waals surface area (Å²) in [6, 6.07) is -0.109. The zero-order valence-electron chi connectivity index (χ0n) is 12.9. The molecule has 0 spiro atoms. The van der Waals surface area contributed by atoms with E-state index in [0.29, 0.717) is 39.2 Å². The first-order chi connectivity index (χ1) is 9.44. The number of ether oxygens (including phenoxy) is 2. The number of rotatable bonds is 7. The van der Waals surface area contributed by atoms with E-state index in [2.05, 4.69) is 5.32 Å². The molecule has 0 saturated carbocycles. The molecule has 0 radical (unpaired) electrons. The molecule has 1 fully saturated rings. The maximum Gasteiger partial charge on any atom is 0.248 e. The van der Waals surface area contributed by atoms with Crippen molar-refractivity contribution in [1.82, 2.24) is 10.2 Å². The van der Waals surface area contributed by atoms with Gasteiger partial charge in [0.2, 0.25) is 11.8 Å². The molecule has 0 bridgehead atoms. The van der Waals surface area contributed by atoms with Crippen LogP contribution in [0.4, 0.5) is 0 Å². The average molecular weight is 286 g/mol. The SMILES string of the molecule is CCC1(C)NC(=O)CC(C)N(CCOCCOC)C1=O. The van der Waals surface area contributed by atoms with Crippen molar-refractivity contribution in [2.75, 3.05) is 33.5 Å². The molecule has 0 aromatic heterocycles. The molecule has 0 aromatic carbocycles. The highest BCUT2D eigenvalue weighted by Gasteiger charge is 2.41. The second kappa shape index (κ2) is 7.59. The number of carbonyl (C=O) groups is 2. The van der Waals surface area contributed by atoms with Crippen LogP contribution in [0.3, 0.4) is 0 Å². The molecule has 116 valence electrons. The largest absolute Gasteiger partial charge is 0.382 e. The number of carbonyl (C=O) groups excluding carboxylic acids is 2. The summed E-state index contributed by atoms with van der Waals surface area (Å²) in [5.74, 6) is -0.105. The van der Waals surface area contributed by atoms with Gasteiger partial charge in [-0.1, -0.05) is 6.92 Å². The summed E-state index contributed by atoms with van der Waals surface area (Å²) < 4.78 is 10.3. The van der Waals surface area contributed by atoms with E-state index in [1.165, 1.54) is 0 Å². The Bertz CT molecular complexity index is 348. The van der Waals surface area contributed by atoms with Crippen LogP contribution in [0.5, 0.6) is 0 Å². The molecule has 0 aliphatic carbocycles. The maximum absolute atomic E-state index is 12.6. The van der Waals surface area contributed by atoms with Crippen molar-refractivity contribution >= 4 is 11.8 Å². The summed E-state index contributed by atoms with van der Waals surface area (Å²) >= 11 is 0. The third-order valence-electron chi connectivity index (χ3n) is 3.78. The molecule has 2 atom stereocenters. The van der Waals surface area contributed by atoms with Gasteiger partial charge in [0.25, 0.3) is 0 Å². The van der Waals surface area contributed by atoms with Gasteiger partial charge in [0.15, 0.2) is 0 Å². The highest BCUT2D eigenvalue weighted by molar-refractivity contribution is 5.93. The number of methoxy groups -OCH3 is 1. The summed E-state index contributed by atoms with van der Waals surface area (Å²) in [7, 11) is 1.62. The number of nitrogens with zero attached hydrogens (tertiary/aromatic N) is 1. The number of nitrogens with one attached hydrogen (secondary N) is 1. The van der Waals surface area contributed by atoms with Crippen LogP contribution >= 0.6 is 0 Å². The Morgan fingerprint density at radius 3 is 2.65 bits per heavy atom. The summed E-state index contributed by atoms with van der Waals surface area (Å²) in [4.78, 5) is 26.2. The van der Waals surface area contributed by atoms with Gasteiger partial charge < -0.3 is 19.7 Å². The smallest absolute Gasteiger partial charge is 0.248 e. The molecule has 1 aliphatic heterocycles. The van der Waals surface area contributed by atoms with Crippen molar-refractivity contribution < 1.29 is 19.1 Å². The first kappa shape index (κ1) is 16.9. The highest BCUT2D eigenvalue weighted by Crippen LogP contribution is 2.20. The third kappa shape index (κ3) is 4.18. The van der Waals surface area contributed by atoms with E-state index >= 15 is 0 Å². The Labute approximate surface area is 120 Å². The van der Waals surface area contributed by atoms with Gasteiger partial charge in [-0.3, -0.25) is 9.59 Å². The molecule has 6 nitrogen and oxygen atoms in total. The minimum absolute atomic E-state index is 0.0336. The average Bonchev–Trinajstić information content (AvgIpc) is 2.48. The van der Waals surface area contributed by atoms with Crippen LogP contribution < -0.4 is 5.32 Å². The van der Waals surface area contributed by atoms with Crippen molar-refractivity contribution in [3.05, 3.63) is 0 Å². The van der Waals surface area contributed by atoms with E-state index in [9.17, 15) is 9.59 Å². The molecule has 1 aliphatic rings. The van der Waals surface area contributed by atoms with Crippen molar-refractivity contribution in [3.63, 3.8) is 0 Å². The van der Waals surface area contributed by atoms with E-state index in [-0.39, 0.29) is 17.9 Å². The zero-order valence-corrected chi connectivity index (χ0v) is 12.9. The molecular formula is C14H26N2O4. The summed E-state index contributed by atoms with van der Waals surface area (Å²) in [6.07, 6.45) is 0.907. The van der Waals surface area contributed by atoms with Crippen molar-refractivity contribution in [3.8, 4) is 0 Å². The van der Waals surface area contributed by atoms with Gasteiger partial charge in [-0.15, -0.1) is 0 Å². The fraction of sp³-hybridized carbons (Fsp3) is 0.857. The summed E-state index contributed by atoms with van der Waals surface area (Å²) in [5.41, 5.74) is -0.811. The molecule has 6 heteroatoms. The van der Waals surface area contributed by atoms with Gasteiger partial charge >= 0.3 is 0 Å². The molecule has 1 heterocycles. The topological polar surface area (TPSA) is 67.9 Å². The van der Waals surface area contributed by atoms with Gasteiger partial charge in [-0.2, -0.15) is 0 Å². The molecule has 2 unspecified atom stereocenters. The van der Waals surface area contributed by atoms with Crippen LogP contribution in [0.2, 0.25) is 0 Å². The fourth-order valence-corrected chi connectivity index (χ4v) is 2.28. The van der Waals surface area contributed by atoms with Gasteiger partial charge in [-0.05, 0) is 20.3 Å². The molecule has 20 heavy (non-hydrogen) atoms. The maximum atomic E-state index is 12.6. The van der Waals surface area contributed by atoms with Crippen molar-refractivity contribution in [2.24, 2.45) is 0 Å². The highest BCUT2D eigenvalue weighted by atomic mass is 16.5. The fourth-order valence-electron chi connectivity index (χ4n) is 2.28. The Balaban J connectivity index is 2.65. The standard InChI is InChI=1S/C14H26N2O4/c1-5-14(3)13(18)16(6-7-20-9-8-19-4)11(2)10-12(17)15-14/h11H,5-10H2,1-4H3,(H,15,17). The van der Waals surface area contributed by atoms with Gasteiger partial charge in [0, 0.05) is 26.1 Å². The zero-order chi connectivity index (χ0) is 15.2. The minimum atomic E-state index is -0.811. The Morgan fingerprint density at radius 1 is 1.35 bits per heavy atom. The van der Waals surface area contributed by atoms with Crippen LogP contribution in [-0.2, 0) is 19.1 Å². The van der Waals surface area contributed by atoms with Gasteiger partial charge in [0.05, 0.1) is 19.8 Å². The van der Waals surface area contributed by atoms with E-state index in [1.807, 2.05) is 13.8 Å². The molecule has 1 N–H and O–H groups in total. The first-order valence-electron chi connectivity index (χ1n) is 7.13. The predicted molar refractivity (Wildman–Crippen MR) is 75.3 cm³/mol. The Morgan fingerprint density at radius 2 is 2.05 bits per heavy atom. The normalized spacial score (nSPS) is 27.4. The lowest BCUT2D eigenvalue weighted by atomic mass is 9.97. The molecule has 2 amide bonds. The quantitative estimate of drug-likeness (QED) is 0.694. The third-order valence-corrected chi connectivity index (χ3v) is 3.78. The first-order valence-corrected chi connectivity index (χ1v) is 7.13. The molecular weight excluding hydrogens is 260 g/mol. The van der Waals surface area contributed by atoms with E-state index < -0.39 is 5.54 Å². The van der Waals surface area contributed by atoms with Gasteiger partial charge in [0.1, 0.15) is 5.54 Å². The Kier molecular flexibility index (Phi) is 6.42. The summed E-state index contributed by atoms with van der Waals surface area (Å²) in [6.45, 7) is 7.58. The van der Waals surface area contributed by atoms with Crippen LogP contribution in [-0.4, -0.2) is 61.8 Å². The Hall–Kier alpha value is -1.14. The molecule has 1 saturated heterocycles. The predicted octanol–water partition coefficient (Wildman–Crippen LogP) is 0.555. The minimum Gasteiger partial charge on any atom is -0.382 e. The van der Waals surface area contributed by atoms with E-state index in [1.54, 1.807) is 18.9 Å². The number of hydrogen-bond acceptors (Lipinski definition) is 4. The monoisotopic (exact) mass is 286 g/mol.